The van der Waals surface area contributed by atoms with Gasteiger partial charge in [-0.3, -0.25) is 4.79 Å². The maximum atomic E-state index is 13.4. The lowest BCUT2D eigenvalue weighted by atomic mass is 10.0. The zero-order valence-electron chi connectivity index (χ0n) is 17.6. The van der Waals surface area contributed by atoms with Crippen molar-refractivity contribution in [1.29, 1.82) is 0 Å². The first-order chi connectivity index (χ1) is 15.3. The monoisotopic (exact) mass is 482 g/mol. The first-order valence-electron chi connectivity index (χ1n) is 9.39. The molecule has 1 N–H and O–H groups in total. The molecule has 3 rings (SSSR count). The van der Waals surface area contributed by atoms with Crippen LogP contribution in [0, 0.1) is 19.7 Å². The lowest BCUT2D eigenvalue weighted by Gasteiger charge is -2.18. The molecule has 0 atom stereocenters. The fourth-order valence-corrected chi connectivity index (χ4v) is 3.71. The Bertz CT molecular complexity index is 1340. The first kappa shape index (κ1) is 24.2. The zero-order valence-corrected chi connectivity index (χ0v) is 18.4. The van der Waals surface area contributed by atoms with E-state index in [4.69, 9.17) is 4.74 Å². The molecule has 0 bridgehead atoms. The maximum Gasteiger partial charge on any atom is 0.418 e. The highest BCUT2D eigenvalue weighted by atomic mass is 32.2. The van der Waals surface area contributed by atoms with Gasteiger partial charge in [0.1, 0.15) is 17.1 Å². The second-order valence-corrected chi connectivity index (χ2v) is 9.26. The van der Waals surface area contributed by atoms with E-state index in [1.807, 2.05) is 0 Å². The molecule has 0 aliphatic rings. The molecule has 2 aromatic carbocycles. The topological polar surface area (TPSA) is 85.4 Å². The van der Waals surface area contributed by atoms with E-state index in [-0.39, 0.29) is 16.3 Å². The average molecular weight is 482 g/mol. The number of nitrogens with one attached hydrogen (secondary N) is 1. The second kappa shape index (κ2) is 8.81. The predicted molar refractivity (Wildman–Crippen MR) is 113 cm³/mol. The van der Waals surface area contributed by atoms with Gasteiger partial charge < -0.3 is 10.1 Å². The van der Waals surface area contributed by atoms with Gasteiger partial charge in [0, 0.05) is 18.1 Å². The Morgan fingerprint density at radius 2 is 1.79 bits per heavy atom. The number of sulfone groups is 1. The van der Waals surface area contributed by atoms with Crippen LogP contribution in [0.25, 0.3) is 0 Å². The maximum absolute atomic E-state index is 13.4. The average Bonchev–Trinajstić information content (AvgIpc) is 2.68. The number of hydrogen-bond acceptors (Lipinski definition) is 5. The van der Waals surface area contributed by atoms with Gasteiger partial charge >= 0.3 is 6.18 Å². The number of anilines is 1. The van der Waals surface area contributed by atoms with Gasteiger partial charge in [0.2, 0.25) is 5.88 Å². The Labute approximate surface area is 187 Å². The summed E-state index contributed by atoms with van der Waals surface area (Å²) in [6, 6.07) is 8.76. The van der Waals surface area contributed by atoms with Crippen molar-refractivity contribution in [1.82, 2.24) is 4.98 Å². The molecule has 0 spiro atoms. The highest BCUT2D eigenvalue weighted by molar-refractivity contribution is 7.90. The summed E-state index contributed by atoms with van der Waals surface area (Å²) in [5.74, 6) is -1.87. The highest BCUT2D eigenvalue weighted by Crippen LogP contribution is 2.37. The number of carbonyl (C=O) groups is 1. The predicted octanol–water partition coefficient (Wildman–Crippen LogP) is 5.30. The van der Waals surface area contributed by atoms with Crippen LogP contribution in [0.1, 0.15) is 27.0 Å². The van der Waals surface area contributed by atoms with Gasteiger partial charge in [-0.2, -0.15) is 13.2 Å². The van der Waals surface area contributed by atoms with E-state index in [0.717, 1.165) is 25.3 Å². The van der Waals surface area contributed by atoms with E-state index >= 15 is 0 Å². The molecule has 0 saturated carbocycles. The van der Waals surface area contributed by atoms with Crippen LogP contribution < -0.4 is 10.1 Å². The van der Waals surface area contributed by atoms with Crippen molar-refractivity contribution in [3.63, 3.8) is 0 Å². The Balaban J connectivity index is 2.08. The highest BCUT2D eigenvalue weighted by Gasteiger charge is 2.36. The molecular formula is C22H18F4N2O4S. The van der Waals surface area contributed by atoms with Crippen LogP contribution in [-0.2, 0) is 16.0 Å². The van der Waals surface area contributed by atoms with Crippen LogP contribution in [0.5, 0.6) is 11.6 Å². The molecule has 0 fully saturated rings. The van der Waals surface area contributed by atoms with Crippen molar-refractivity contribution in [3.05, 3.63) is 76.7 Å². The van der Waals surface area contributed by atoms with Gasteiger partial charge in [0.05, 0.1) is 10.5 Å². The van der Waals surface area contributed by atoms with Crippen LogP contribution in [0.2, 0.25) is 0 Å². The number of pyridine rings is 1. The quantitative estimate of drug-likeness (QED) is 0.499. The zero-order chi connectivity index (χ0) is 24.6. The summed E-state index contributed by atoms with van der Waals surface area (Å²) in [5, 5.41) is 2.39. The van der Waals surface area contributed by atoms with E-state index in [1.54, 1.807) is 0 Å². The number of amides is 1. The number of alkyl halides is 3. The molecule has 1 heterocycles. The Kier molecular flexibility index (Phi) is 6.46. The number of halogens is 4. The number of ether oxygens (including phenoxy) is 1. The largest absolute Gasteiger partial charge is 0.438 e. The molecule has 0 saturated heterocycles. The molecule has 6 nitrogen and oxygen atoms in total. The number of rotatable bonds is 5. The number of carbonyl (C=O) groups excluding carboxylic acids is 1. The smallest absolute Gasteiger partial charge is 0.418 e. The summed E-state index contributed by atoms with van der Waals surface area (Å²) in [7, 11) is -3.58. The van der Waals surface area contributed by atoms with E-state index in [1.165, 1.54) is 37.3 Å². The lowest BCUT2D eigenvalue weighted by Crippen LogP contribution is -2.19. The number of benzene rings is 2. The Morgan fingerprint density at radius 1 is 1.09 bits per heavy atom. The minimum atomic E-state index is -4.79. The summed E-state index contributed by atoms with van der Waals surface area (Å²) in [6.07, 6.45) is -3.26. The van der Waals surface area contributed by atoms with Gasteiger partial charge in [-0.25, -0.2) is 17.8 Å². The van der Waals surface area contributed by atoms with E-state index < -0.39 is 50.3 Å². The standard InChI is InChI=1S/C22H18F4N2O4S/c1-12-9-14(23)7-8-18(12)32-21-19(13(2)17(11-27-21)22(24,25)26)20(29)28-15-5-4-6-16(10-15)33(3,30)31/h4-11H,1-3H3,(H,28,29). The summed E-state index contributed by atoms with van der Waals surface area (Å²) < 4.78 is 82.9. The SMILES string of the molecule is Cc1cc(F)ccc1Oc1ncc(C(F)(F)F)c(C)c1C(=O)Nc1cccc(S(C)(=O)=O)c1. The van der Waals surface area contributed by atoms with Crippen molar-refractivity contribution in [2.75, 3.05) is 11.6 Å². The van der Waals surface area contributed by atoms with Crippen molar-refractivity contribution in [2.24, 2.45) is 0 Å². The Morgan fingerprint density at radius 3 is 2.39 bits per heavy atom. The third kappa shape index (κ3) is 5.48. The second-order valence-electron chi connectivity index (χ2n) is 7.24. The molecule has 0 aliphatic heterocycles. The van der Waals surface area contributed by atoms with Gasteiger partial charge in [-0.05, 0) is 61.4 Å². The minimum Gasteiger partial charge on any atom is -0.438 e. The van der Waals surface area contributed by atoms with Crippen molar-refractivity contribution < 1.29 is 35.5 Å². The minimum absolute atomic E-state index is 0.0450. The molecule has 0 aliphatic carbocycles. The molecule has 11 heteroatoms. The molecule has 0 radical (unpaired) electrons. The Hall–Kier alpha value is -3.47. The number of nitrogens with zero attached hydrogens (tertiary/aromatic N) is 1. The number of aromatic nitrogens is 1. The van der Waals surface area contributed by atoms with Gasteiger partial charge in [-0.15, -0.1) is 0 Å². The van der Waals surface area contributed by atoms with Crippen LogP contribution >= 0.6 is 0 Å². The molecule has 3 aromatic rings. The van der Waals surface area contributed by atoms with Crippen molar-refractivity contribution in [2.45, 2.75) is 24.9 Å². The van der Waals surface area contributed by atoms with Crippen LogP contribution in [0.15, 0.2) is 53.6 Å². The molecule has 1 aromatic heterocycles. The number of hydrogen-bond donors (Lipinski definition) is 1. The summed E-state index contributed by atoms with van der Waals surface area (Å²) in [6.45, 7) is 2.61. The fraction of sp³-hybridized carbons (Fsp3) is 0.182. The third-order valence-electron chi connectivity index (χ3n) is 4.70. The van der Waals surface area contributed by atoms with E-state index in [2.05, 4.69) is 10.3 Å². The summed E-state index contributed by atoms with van der Waals surface area (Å²) >= 11 is 0. The van der Waals surface area contributed by atoms with Crippen molar-refractivity contribution in [3.8, 4) is 11.6 Å². The molecule has 33 heavy (non-hydrogen) atoms. The molecule has 174 valence electrons. The molecule has 1 amide bonds. The summed E-state index contributed by atoms with van der Waals surface area (Å²) in [4.78, 5) is 16.6. The van der Waals surface area contributed by atoms with Crippen LogP contribution in [-0.4, -0.2) is 25.6 Å². The molecule has 0 unspecified atom stereocenters. The van der Waals surface area contributed by atoms with Crippen LogP contribution in [0.4, 0.5) is 23.2 Å². The summed E-state index contributed by atoms with van der Waals surface area (Å²) in [5.41, 5.74) is -1.70. The third-order valence-corrected chi connectivity index (χ3v) is 5.81. The van der Waals surface area contributed by atoms with Crippen LogP contribution in [0.3, 0.4) is 0 Å². The van der Waals surface area contributed by atoms with E-state index in [0.29, 0.717) is 11.8 Å². The molecular weight excluding hydrogens is 464 g/mol. The van der Waals surface area contributed by atoms with Crippen molar-refractivity contribution >= 4 is 21.4 Å². The van der Waals surface area contributed by atoms with E-state index in [9.17, 15) is 30.8 Å². The lowest BCUT2D eigenvalue weighted by molar-refractivity contribution is -0.138. The van der Waals surface area contributed by atoms with Gasteiger partial charge in [0.25, 0.3) is 5.91 Å². The first-order valence-corrected chi connectivity index (χ1v) is 11.3. The number of aryl methyl sites for hydroxylation is 1. The van der Waals surface area contributed by atoms with Gasteiger partial charge in [-0.1, -0.05) is 6.07 Å². The normalized spacial score (nSPS) is 11.8. The van der Waals surface area contributed by atoms with Gasteiger partial charge in [0.15, 0.2) is 9.84 Å². The fourth-order valence-electron chi connectivity index (χ4n) is 3.04.